The number of nitrogens with one attached hydrogen (secondary N) is 1. The van der Waals surface area contributed by atoms with Crippen LogP contribution in [0, 0.1) is 18.3 Å². The molecule has 0 bridgehead atoms. The Balaban J connectivity index is 2.70. The van der Waals surface area contributed by atoms with Crippen LogP contribution in [0.25, 0.3) is 0 Å². The Bertz CT molecular complexity index is 362. The van der Waals surface area contributed by atoms with E-state index in [1.807, 2.05) is 6.92 Å². The molecule has 0 aliphatic carbocycles. The monoisotopic (exact) mass is 252 g/mol. The fourth-order valence-electron chi connectivity index (χ4n) is 2.31. The molecule has 0 aromatic carbocycles. The lowest BCUT2D eigenvalue weighted by Crippen LogP contribution is -2.56. The minimum atomic E-state index is -0.943. The SMILES string of the molecule is C#CCC(C)NC(=O)N1CCCC(C)C1C(=O)O. The number of carboxylic acids is 1. The van der Waals surface area contributed by atoms with Gasteiger partial charge < -0.3 is 15.3 Å². The lowest BCUT2D eigenvalue weighted by Gasteiger charge is -2.37. The van der Waals surface area contributed by atoms with Gasteiger partial charge >= 0.3 is 12.0 Å². The smallest absolute Gasteiger partial charge is 0.326 e. The van der Waals surface area contributed by atoms with Crippen LogP contribution in [0.2, 0.25) is 0 Å². The fraction of sp³-hybridized carbons (Fsp3) is 0.692. The lowest BCUT2D eigenvalue weighted by molar-refractivity contribution is -0.145. The predicted molar refractivity (Wildman–Crippen MR) is 68.0 cm³/mol. The zero-order valence-corrected chi connectivity index (χ0v) is 10.8. The number of aliphatic carboxylic acids is 1. The van der Waals surface area contributed by atoms with Crippen molar-refractivity contribution < 1.29 is 14.7 Å². The van der Waals surface area contributed by atoms with E-state index >= 15 is 0 Å². The Morgan fingerprint density at radius 2 is 2.28 bits per heavy atom. The van der Waals surface area contributed by atoms with Gasteiger partial charge in [0, 0.05) is 19.0 Å². The maximum atomic E-state index is 12.0. The van der Waals surface area contributed by atoms with Crippen LogP contribution in [-0.2, 0) is 4.79 Å². The van der Waals surface area contributed by atoms with Crippen molar-refractivity contribution >= 4 is 12.0 Å². The molecule has 3 atom stereocenters. The number of carbonyl (C=O) groups is 2. The van der Waals surface area contributed by atoms with Crippen molar-refractivity contribution in [2.75, 3.05) is 6.54 Å². The Kier molecular flexibility index (Phi) is 5.02. The molecule has 1 rings (SSSR count). The zero-order valence-electron chi connectivity index (χ0n) is 10.8. The summed E-state index contributed by atoms with van der Waals surface area (Å²) in [6.45, 7) is 4.15. The van der Waals surface area contributed by atoms with Gasteiger partial charge in [-0.2, -0.15) is 0 Å². The normalized spacial score (nSPS) is 25.1. The summed E-state index contributed by atoms with van der Waals surface area (Å²) < 4.78 is 0. The number of hydrogen-bond acceptors (Lipinski definition) is 2. The van der Waals surface area contributed by atoms with Crippen LogP contribution < -0.4 is 5.32 Å². The average molecular weight is 252 g/mol. The van der Waals surface area contributed by atoms with Crippen LogP contribution in [-0.4, -0.2) is 40.6 Å². The number of piperidine rings is 1. The maximum absolute atomic E-state index is 12.0. The van der Waals surface area contributed by atoms with Gasteiger partial charge in [-0.1, -0.05) is 6.92 Å². The maximum Gasteiger partial charge on any atom is 0.326 e. The van der Waals surface area contributed by atoms with E-state index in [2.05, 4.69) is 11.2 Å². The number of amides is 2. The van der Waals surface area contributed by atoms with Crippen LogP contribution >= 0.6 is 0 Å². The number of carbonyl (C=O) groups excluding carboxylic acids is 1. The van der Waals surface area contributed by atoms with Crippen LogP contribution in [0.3, 0.4) is 0 Å². The molecule has 1 saturated heterocycles. The topological polar surface area (TPSA) is 69.6 Å². The Morgan fingerprint density at radius 1 is 1.61 bits per heavy atom. The lowest BCUT2D eigenvalue weighted by atomic mass is 9.91. The Morgan fingerprint density at radius 3 is 2.83 bits per heavy atom. The number of carboxylic acid groups (broad SMARTS) is 1. The van der Waals surface area contributed by atoms with Crippen molar-refractivity contribution in [2.24, 2.45) is 5.92 Å². The van der Waals surface area contributed by atoms with Crippen LogP contribution in [0.4, 0.5) is 4.79 Å². The second kappa shape index (κ2) is 6.29. The molecule has 0 saturated carbocycles. The quantitative estimate of drug-likeness (QED) is 0.744. The van der Waals surface area contributed by atoms with E-state index in [1.165, 1.54) is 4.90 Å². The van der Waals surface area contributed by atoms with Crippen molar-refractivity contribution in [3.63, 3.8) is 0 Å². The third-order valence-electron chi connectivity index (χ3n) is 3.24. The first kappa shape index (κ1) is 14.4. The largest absolute Gasteiger partial charge is 0.480 e. The molecule has 1 fully saturated rings. The summed E-state index contributed by atoms with van der Waals surface area (Å²) in [7, 11) is 0. The summed E-state index contributed by atoms with van der Waals surface area (Å²) in [6.07, 6.45) is 7.28. The summed E-state index contributed by atoms with van der Waals surface area (Å²) in [5.41, 5.74) is 0. The van der Waals surface area contributed by atoms with E-state index in [1.54, 1.807) is 6.92 Å². The molecular weight excluding hydrogens is 232 g/mol. The summed E-state index contributed by atoms with van der Waals surface area (Å²) >= 11 is 0. The van der Waals surface area contributed by atoms with Crippen LogP contribution in [0.1, 0.15) is 33.1 Å². The Labute approximate surface area is 108 Å². The van der Waals surface area contributed by atoms with Crippen molar-refractivity contribution in [3.8, 4) is 12.3 Å². The highest BCUT2D eigenvalue weighted by Gasteiger charge is 2.37. The van der Waals surface area contributed by atoms with E-state index in [9.17, 15) is 14.7 Å². The van der Waals surface area contributed by atoms with Crippen molar-refractivity contribution in [1.29, 1.82) is 0 Å². The number of rotatable bonds is 3. The minimum Gasteiger partial charge on any atom is -0.480 e. The number of hydrogen-bond donors (Lipinski definition) is 2. The first-order valence-corrected chi connectivity index (χ1v) is 6.20. The van der Waals surface area contributed by atoms with E-state index in [0.29, 0.717) is 13.0 Å². The van der Waals surface area contributed by atoms with Crippen molar-refractivity contribution in [1.82, 2.24) is 10.2 Å². The van der Waals surface area contributed by atoms with Gasteiger partial charge in [0.25, 0.3) is 0 Å². The van der Waals surface area contributed by atoms with Gasteiger partial charge in [-0.05, 0) is 25.7 Å². The molecule has 2 N–H and O–H groups in total. The van der Waals surface area contributed by atoms with Gasteiger partial charge in [0.05, 0.1) is 0 Å². The number of urea groups is 1. The number of nitrogens with zero attached hydrogens (tertiary/aromatic N) is 1. The Hall–Kier alpha value is -1.70. The molecule has 18 heavy (non-hydrogen) atoms. The molecule has 1 aliphatic rings. The molecule has 100 valence electrons. The van der Waals surface area contributed by atoms with Gasteiger partial charge in [-0.25, -0.2) is 9.59 Å². The highest BCUT2D eigenvalue weighted by molar-refractivity contribution is 5.83. The van der Waals surface area contributed by atoms with Gasteiger partial charge in [-0.15, -0.1) is 12.3 Å². The summed E-state index contributed by atoms with van der Waals surface area (Å²) in [6, 6.07) is -1.22. The van der Waals surface area contributed by atoms with E-state index in [0.717, 1.165) is 12.8 Å². The highest BCUT2D eigenvalue weighted by atomic mass is 16.4. The first-order valence-electron chi connectivity index (χ1n) is 6.20. The van der Waals surface area contributed by atoms with Gasteiger partial charge in [0.2, 0.25) is 0 Å². The summed E-state index contributed by atoms with van der Waals surface area (Å²) in [5, 5.41) is 11.9. The standard InChI is InChI=1S/C13H20N2O3/c1-4-6-10(3)14-13(18)15-8-5-7-9(2)11(15)12(16)17/h1,9-11H,5-8H2,2-3H3,(H,14,18)(H,16,17). The van der Waals surface area contributed by atoms with Crippen molar-refractivity contribution in [2.45, 2.75) is 45.2 Å². The zero-order chi connectivity index (χ0) is 13.7. The molecule has 2 amide bonds. The number of likely N-dealkylation sites (tertiary alicyclic amines) is 1. The van der Waals surface area contributed by atoms with Crippen LogP contribution in [0.15, 0.2) is 0 Å². The van der Waals surface area contributed by atoms with Crippen molar-refractivity contribution in [3.05, 3.63) is 0 Å². The predicted octanol–water partition coefficient (Wildman–Crippen LogP) is 1.29. The molecule has 0 aromatic heterocycles. The average Bonchev–Trinajstić information content (AvgIpc) is 2.28. The molecule has 5 nitrogen and oxygen atoms in total. The summed E-state index contributed by atoms with van der Waals surface area (Å²) in [4.78, 5) is 24.7. The highest BCUT2D eigenvalue weighted by Crippen LogP contribution is 2.23. The van der Waals surface area contributed by atoms with E-state index in [4.69, 9.17) is 6.42 Å². The van der Waals surface area contributed by atoms with E-state index in [-0.39, 0.29) is 18.0 Å². The molecule has 3 unspecified atom stereocenters. The molecule has 0 spiro atoms. The molecule has 1 aliphatic heterocycles. The molecular formula is C13H20N2O3. The molecule has 1 heterocycles. The molecule has 5 heteroatoms. The van der Waals surface area contributed by atoms with Crippen LogP contribution in [0.5, 0.6) is 0 Å². The minimum absolute atomic E-state index is 0.0232. The fourth-order valence-corrected chi connectivity index (χ4v) is 2.31. The van der Waals surface area contributed by atoms with Gasteiger partial charge in [0.1, 0.15) is 6.04 Å². The van der Waals surface area contributed by atoms with Gasteiger partial charge in [0.15, 0.2) is 0 Å². The third kappa shape index (κ3) is 3.39. The summed E-state index contributed by atoms with van der Waals surface area (Å²) in [5.74, 6) is 1.50. The van der Waals surface area contributed by atoms with Gasteiger partial charge in [-0.3, -0.25) is 0 Å². The first-order chi connectivity index (χ1) is 8.47. The third-order valence-corrected chi connectivity index (χ3v) is 3.24. The second-order valence-corrected chi connectivity index (χ2v) is 4.85. The molecule has 0 radical (unpaired) electrons. The second-order valence-electron chi connectivity index (χ2n) is 4.85. The van der Waals surface area contributed by atoms with E-state index < -0.39 is 12.0 Å². The number of terminal acetylenes is 1. The molecule has 0 aromatic rings.